The summed E-state index contributed by atoms with van der Waals surface area (Å²) < 4.78 is 37.0. The van der Waals surface area contributed by atoms with Crippen LogP contribution in [0.15, 0.2) is 18.3 Å². The van der Waals surface area contributed by atoms with E-state index in [-0.39, 0.29) is 0 Å². The molecule has 1 aliphatic heterocycles. The fourth-order valence-electron chi connectivity index (χ4n) is 2.10. The summed E-state index contributed by atoms with van der Waals surface area (Å²) in [5.41, 5.74) is -0.0166. The lowest BCUT2D eigenvalue weighted by Gasteiger charge is -2.31. The van der Waals surface area contributed by atoms with E-state index in [2.05, 4.69) is 22.1 Å². The lowest BCUT2D eigenvalue weighted by molar-refractivity contribution is -0.141. The standard InChI is InChI=1S/C12H16F3N3/c1-9-7-18(5-4-16-9)8-10-2-3-11(17-6-10)12(13,14)15/h2-3,6,9,16H,4-5,7-8H2,1H3. The van der Waals surface area contributed by atoms with Crippen LogP contribution in [-0.4, -0.2) is 35.6 Å². The first-order chi connectivity index (χ1) is 8.45. The molecule has 1 fully saturated rings. The van der Waals surface area contributed by atoms with Crippen molar-refractivity contribution in [2.24, 2.45) is 0 Å². The van der Waals surface area contributed by atoms with Crippen LogP contribution in [0.2, 0.25) is 0 Å². The summed E-state index contributed by atoms with van der Waals surface area (Å²) in [4.78, 5) is 5.68. The first kappa shape index (κ1) is 13.3. The third-order valence-corrected chi connectivity index (χ3v) is 2.97. The summed E-state index contributed by atoms with van der Waals surface area (Å²) in [5, 5.41) is 3.32. The Hall–Kier alpha value is -1.14. The fraction of sp³-hybridized carbons (Fsp3) is 0.583. The van der Waals surface area contributed by atoms with Crippen LogP contribution in [0, 0.1) is 0 Å². The third kappa shape index (κ3) is 3.43. The van der Waals surface area contributed by atoms with Crippen LogP contribution < -0.4 is 5.32 Å². The Kier molecular flexibility index (Phi) is 3.87. The van der Waals surface area contributed by atoms with E-state index in [1.54, 1.807) is 0 Å². The molecule has 1 aliphatic rings. The van der Waals surface area contributed by atoms with Crippen molar-refractivity contribution in [2.75, 3.05) is 19.6 Å². The van der Waals surface area contributed by atoms with E-state index in [9.17, 15) is 13.2 Å². The number of hydrogen-bond donors (Lipinski definition) is 1. The third-order valence-electron chi connectivity index (χ3n) is 2.97. The van der Waals surface area contributed by atoms with Gasteiger partial charge in [-0.2, -0.15) is 13.2 Å². The van der Waals surface area contributed by atoms with Crippen LogP contribution in [0.3, 0.4) is 0 Å². The van der Waals surface area contributed by atoms with Gasteiger partial charge < -0.3 is 5.32 Å². The van der Waals surface area contributed by atoms with Crippen LogP contribution in [-0.2, 0) is 12.7 Å². The zero-order chi connectivity index (χ0) is 13.2. The van der Waals surface area contributed by atoms with Crippen molar-refractivity contribution in [3.05, 3.63) is 29.6 Å². The fourth-order valence-corrected chi connectivity index (χ4v) is 2.10. The van der Waals surface area contributed by atoms with E-state index >= 15 is 0 Å². The van der Waals surface area contributed by atoms with E-state index in [0.29, 0.717) is 12.6 Å². The molecule has 0 spiro atoms. The van der Waals surface area contributed by atoms with E-state index in [1.165, 1.54) is 12.3 Å². The van der Waals surface area contributed by atoms with Crippen LogP contribution in [0.1, 0.15) is 18.2 Å². The summed E-state index contributed by atoms with van der Waals surface area (Å²) in [6, 6.07) is 2.96. The Morgan fingerprint density at radius 3 is 2.78 bits per heavy atom. The van der Waals surface area contributed by atoms with Gasteiger partial charge in [0.15, 0.2) is 0 Å². The van der Waals surface area contributed by atoms with Crippen molar-refractivity contribution in [1.82, 2.24) is 15.2 Å². The molecule has 0 bridgehead atoms. The minimum Gasteiger partial charge on any atom is -0.312 e. The van der Waals surface area contributed by atoms with Gasteiger partial charge in [0.2, 0.25) is 0 Å². The number of halogens is 3. The Balaban J connectivity index is 1.98. The Bertz CT molecular complexity index is 389. The maximum atomic E-state index is 12.3. The monoisotopic (exact) mass is 259 g/mol. The number of piperazine rings is 1. The van der Waals surface area contributed by atoms with Gasteiger partial charge >= 0.3 is 6.18 Å². The van der Waals surface area contributed by atoms with Crippen LogP contribution in [0.25, 0.3) is 0 Å². The second-order valence-corrected chi connectivity index (χ2v) is 4.64. The molecule has 3 nitrogen and oxygen atoms in total. The first-order valence-corrected chi connectivity index (χ1v) is 5.93. The van der Waals surface area contributed by atoms with Gasteiger partial charge in [-0.1, -0.05) is 6.07 Å². The highest BCUT2D eigenvalue weighted by Gasteiger charge is 2.32. The summed E-state index contributed by atoms with van der Waals surface area (Å²) in [7, 11) is 0. The minimum atomic E-state index is -4.36. The summed E-state index contributed by atoms with van der Waals surface area (Å²) in [6.45, 7) is 5.47. The molecule has 1 unspecified atom stereocenters. The van der Waals surface area contributed by atoms with E-state index in [0.717, 1.165) is 31.3 Å². The van der Waals surface area contributed by atoms with Crippen molar-refractivity contribution in [2.45, 2.75) is 25.7 Å². The molecule has 1 saturated heterocycles. The molecule has 1 aromatic heterocycles. The molecule has 1 aromatic rings. The van der Waals surface area contributed by atoms with Crippen LogP contribution in [0.4, 0.5) is 13.2 Å². The molecule has 6 heteroatoms. The molecule has 100 valence electrons. The number of hydrogen-bond acceptors (Lipinski definition) is 3. The number of nitrogens with one attached hydrogen (secondary N) is 1. The Labute approximate surface area is 104 Å². The molecule has 0 aliphatic carbocycles. The number of pyridine rings is 1. The van der Waals surface area contributed by atoms with Crippen LogP contribution in [0.5, 0.6) is 0 Å². The van der Waals surface area contributed by atoms with Crippen molar-refractivity contribution in [3.8, 4) is 0 Å². The maximum Gasteiger partial charge on any atom is 0.433 e. The molecular formula is C12H16F3N3. The van der Waals surface area contributed by atoms with E-state index < -0.39 is 11.9 Å². The summed E-state index contributed by atoms with van der Waals surface area (Å²) >= 11 is 0. The van der Waals surface area contributed by atoms with Gasteiger partial charge in [-0.25, -0.2) is 0 Å². The summed E-state index contributed by atoms with van der Waals surface area (Å²) in [5.74, 6) is 0. The average Bonchev–Trinajstić information content (AvgIpc) is 2.28. The van der Waals surface area contributed by atoms with Gasteiger partial charge in [0, 0.05) is 38.4 Å². The molecule has 2 heterocycles. The minimum absolute atomic E-state index is 0.418. The molecule has 0 amide bonds. The largest absolute Gasteiger partial charge is 0.433 e. The van der Waals surface area contributed by atoms with Crippen LogP contribution >= 0.6 is 0 Å². The van der Waals surface area contributed by atoms with Crippen molar-refractivity contribution >= 4 is 0 Å². The molecular weight excluding hydrogens is 243 g/mol. The predicted molar refractivity (Wildman–Crippen MR) is 62.0 cm³/mol. The topological polar surface area (TPSA) is 28.2 Å². The quantitative estimate of drug-likeness (QED) is 0.879. The Morgan fingerprint density at radius 1 is 1.44 bits per heavy atom. The molecule has 1 atom stereocenters. The highest BCUT2D eigenvalue weighted by atomic mass is 19.4. The summed E-state index contributed by atoms with van der Waals surface area (Å²) in [6.07, 6.45) is -3.04. The smallest absolute Gasteiger partial charge is 0.312 e. The zero-order valence-electron chi connectivity index (χ0n) is 10.2. The van der Waals surface area contributed by atoms with Gasteiger partial charge in [0.1, 0.15) is 5.69 Å². The molecule has 2 rings (SSSR count). The number of alkyl halides is 3. The maximum absolute atomic E-state index is 12.3. The van der Waals surface area contributed by atoms with Crippen molar-refractivity contribution in [1.29, 1.82) is 0 Å². The molecule has 0 saturated carbocycles. The number of nitrogens with zero attached hydrogens (tertiary/aromatic N) is 2. The predicted octanol–water partition coefficient (Wildman–Crippen LogP) is 1.89. The van der Waals surface area contributed by atoms with Gasteiger partial charge in [0.25, 0.3) is 0 Å². The van der Waals surface area contributed by atoms with E-state index in [4.69, 9.17) is 0 Å². The highest BCUT2D eigenvalue weighted by molar-refractivity contribution is 5.16. The average molecular weight is 259 g/mol. The highest BCUT2D eigenvalue weighted by Crippen LogP contribution is 2.27. The molecule has 18 heavy (non-hydrogen) atoms. The second-order valence-electron chi connectivity index (χ2n) is 4.64. The lowest BCUT2D eigenvalue weighted by atomic mass is 10.2. The van der Waals surface area contributed by atoms with Crippen molar-refractivity contribution in [3.63, 3.8) is 0 Å². The van der Waals surface area contributed by atoms with Crippen molar-refractivity contribution < 1.29 is 13.2 Å². The molecule has 0 aromatic carbocycles. The van der Waals surface area contributed by atoms with E-state index in [1.807, 2.05) is 0 Å². The van der Waals surface area contributed by atoms with Gasteiger partial charge in [-0.3, -0.25) is 9.88 Å². The van der Waals surface area contributed by atoms with Gasteiger partial charge in [0.05, 0.1) is 0 Å². The molecule has 1 N–H and O–H groups in total. The molecule has 0 radical (unpaired) electrons. The Morgan fingerprint density at radius 2 is 2.22 bits per heavy atom. The van der Waals surface area contributed by atoms with Gasteiger partial charge in [-0.15, -0.1) is 0 Å². The SMILES string of the molecule is CC1CN(Cc2ccc(C(F)(F)F)nc2)CCN1. The van der Waals surface area contributed by atoms with Gasteiger partial charge in [-0.05, 0) is 18.6 Å². The second kappa shape index (κ2) is 5.24. The lowest BCUT2D eigenvalue weighted by Crippen LogP contribution is -2.48. The normalized spacial score (nSPS) is 22.1. The number of aromatic nitrogens is 1. The number of rotatable bonds is 2. The zero-order valence-corrected chi connectivity index (χ0v) is 10.2. The first-order valence-electron chi connectivity index (χ1n) is 5.93.